The second-order valence-corrected chi connectivity index (χ2v) is 10.4. The number of pyridine rings is 1. The third-order valence-electron chi connectivity index (χ3n) is 7.21. The second-order valence-electron chi connectivity index (χ2n) is 9.98. The summed E-state index contributed by atoms with van der Waals surface area (Å²) in [6.45, 7) is 2.64. The first-order valence-electron chi connectivity index (χ1n) is 13.5. The predicted octanol–water partition coefficient (Wildman–Crippen LogP) is 6.29. The van der Waals surface area contributed by atoms with E-state index in [0.717, 1.165) is 30.4 Å². The van der Waals surface area contributed by atoms with Crippen molar-refractivity contribution in [3.05, 3.63) is 88.6 Å². The summed E-state index contributed by atoms with van der Waals surface area (Å²) in [6, 6.07) is 15.7. The predicted molar refractivity (Wildman–Crippen MR) is 161 cm³/mol. The summed E-state index contributed by atoms with van der Waals surface area (Å²) in [5, 5.41) is 25.0. The van der Waals surface area contributed by atoms with E-state index in [9.17, 15) is 15.3 Å². The van der Waals surface area contributed by atoms with E-state index in [1.807, 2.05) is 41.8 Å². The van der Waals surface area contributed by atoms with Crippen LogP contribution in [0.1, 0.15) is 52.5 Å². The summed E-state index contributed by atoms with van der Waals surface area (Å²) in [7, 11) is 0. The Balaban J connectivity index is 1.30. The molecule has 1 atom stereocenters. The first kappa shape index (κ1) is 27.8. The van der Waals surface area contributed by atoms with Gasteiger partial charge in [0.05, 0.1) is 22.5 Å². The molecule has 6 rings (SSSR count). The molecule has 212 valence electrons. The van der Waals surface area contributed by atoms with Gasteiger partial charge in [0.2, 0.25) is 0 Å². The quantitative estimate of drug-likeness (QED) is 0.232. The van der Waals surface area contributed by atoms with Crippen molar-refractivity contribution in [1.82, 2.24) is 24.5 Å². The molecule has 0 saturated carbocycles. The molecule has 0 radical (unpaired) electrons. The SMILES string of the molecule is Cc1ccc(NC(=O)c2cc(C#N)c(Cl)c(C#N)c2)cc1Nc1ncccc1-c1ncnc2c1ncn2C1CCCCO1. The van der Waals surface area contributed by atoms with E-state index in [2.05, 4.69) is 30.6 Å². The van der Waals surface area contributed by atoms with E-state index in [0.29, 0.717) is 40.7 Å². The van der Waals surface area contributed by atoms with Gasteiger partial charge in [-0.1, -0.05) is 17.7 Å². The second kappa shape index (κ2) is 11.9. The minimum absolute atomic E-state index is 0.0181. The molecular formula is C31H24ClN9O2. The smallest absolute Gasteiger partial charge is 0.255 e. The molecule has 2 aromatic carbocycles. The van der Waals surface area contributed by atoms with Crippen LogP contribution in [0.2, 0.25) is 5.02 Å². The largest absolute Gasteiger partial charge is 0.358 e. The number of amides is 1. The van der Waals surface area contributed by atoms with Crippen LogP contribution >= 0.6 is 11.6 Å². The Morgan fingerprint density at radius 1 is 1.07 bits per heavy atom. The van der Waals surface area contributed by atoms with Crippen LogP contribution in [0.5, 0.6) is 0 Å². The van der Waals surface area contributed by atoms with Crippen molar-refractivity contribution in [2.45, 2.75) is 32.4 Å². The van der Waals surface area contributed by atoms with Crippen molar-refractivity contribution in [3.8, 4) is 23.4 Å². The Morgan fingerprint density at radius 3 is 2.63 bits per heavy atom. The number of fused-ring (bicyclic) bond motifs is 1. The molecule has 11 nitrogen and oxygen atoms in total. The van der Waals surface area contributed by atoms with Gasteiger partial charge in [-0.05, 0) is 68.1 Å². The number of hydrogen-bond donors (Lipinski definition) is 2. The van der Waals surface area contributed by atoms with Crippen molar-refractivity contribution in [2.24, 2.45) is 0 Å². The average Bonchev–Trinajstić information content (AvgIpc) is 3.48. The maximum Gasteiger partial charge on any atom is 0.255 e. The number of halogens is 1. The molecule has 1 aliphatic rings. The highest BCUT2D eigenvalue weighted by Gasteiger charge is 2.22. The van der Waals surface area contributed by atoms with Gasteiger partial charge >= 0.3 is 0 Å². The van der Waals surface area contributed by atoms with Gasteiger partial charge < -0.3 is 15.4 Å². The Bertz CT molecular complexity index is 1920. The molecule has 3 aromatic heterocycles. The number of hydrogen-bond acceptors (Lipinski definition) is 9. The minimum Gasteiger partial charge on any atom is -0.358 e. The number of nitrogens with one attached hydrogen (secondary N) is 2. The van der Waals surface area contributed by atoms with Crippen LogP contribution in [0.3, 0.4) is 0 Å². The number of benzene rings is 2. The monoisotopic (exact) mass is 589 g/mol. The molecule has 1 fully saturated rings. The fourth-order valence-electron chi connectivity index (χ4n) is 4.98. The average molecular weight is 590 g/mol. The van der Waals surface area contributed by atoms with Crippen molar-refractivity contribution in [3.63, 3.8) is 0 Å². The number of carbonyl (C=O) groups is 1. The topological polar surface area (TPSA) is 154 Å². The maximum atomic E-state index is 13.1. The van der Waals surface area contributed by atoms with Crippen LogP contribution < -0.4 is 10.6 Å². The molecule has 1 unspecified atom stereocenters. The maximum absolute atomic E-state index is 13.1. The highest BCUT2D eigenvalue weighted by Crippen LogP contribution is 2.34. The van der Waals surface area contributed by atoms with E-state index in [1.54, 1.807) is 24.7 Å². The highest BCUT2D eigenvalue weighted by molar-refractivity contribution is 6.33. The molecule has 0 spiro atoms. The number of anilines is 3. The van der Waals surface area contributed by atoms with Gasteiger partial charge in [-0.15, -0.1) is 0 Å². The van der Waals surface area contributed by atoms with Crippen LogP contribution in [0.4, 0.5) is 17.2 Å². The van der Waals surface area contributed by atoms with E-state index in [-0.39, 0.29) is 27.9 Å². The van der Waals surface area contributed by atoms with Crippen LogP contribution in [-0.2, 0) is 4.74 Å². The van der Waals surface area contributed by atoms with E-state index >= 15 is 0 Å². The number of ether oxygens (including phenoxy) is 1. The molecule has 5 aromatic rings. The van der Waals surface area contributed by atoms with Crippen molar-refractivity contribution in [1.29, 1.82) is 10.5 Å². The number of carbonyl (C=O) groups excluding carboxylic acids is 1. The zero-order valence-electron chi connectivity index (χ0n) is 23.0. The zero-order chi connectivity index (χ0) is 29.9. The van der Waals surface area contributed by atoms with Gasteiger partial charge in [0, 0.05) is 35.3 Å². The van der Waals surface area contributed by atoms with Crippen LogP contribution in [-0.4, -0.2) is 37.0 Å². The first-order chi connectivity index (χ1) is 21.0. The molecule has 0 bridgehead atoms. The van der Waals surface area contributed by atoms with E-state index < -0.39 is 5.91 Å². The number of rotatable bonds is 6. The Labute approximate surface area is 251 Å². The number of aryl methyl sites for hydroxylation is 1. The molecule has 4 heterocycles. The van der Waals surface area contributed by atoms with E-state index in [1.165, 1.54) is 18.5 Å². The fourth-order valence-corrected chi connectivity index (χ4v) is 5.18. The number of aromatic nitrogens is 5. The third-order valence-corrected chi connectivity index (χ3v) is 7.62. The summed E-state index contributed by atoms with van der Waals surface area (Å²) in [5.74, 6) is 0.0615. The van der Waals surface area contributed by atoms with Gasteiger partial charge in [0.25, 0.3) is 5.91 Å². The lowest BCUT2D eigenvalue weighted by Crippen LogP contribution is -2.17. The lowest BCUT2D eigenvalue weighted by Gasteiger charge is -2.23. The molecule has 1 aliphatic heterocycles. The van der Waals surface area contributed by atoms with Crippen molar-refractivity contribution < 1.29 is 9.53 Å². The molecular weight excluding hydrogens is 566 g/mol. The fraction of sp³-hybridized carbons (Fsp3) is 0.194. The summed E-state index contributed by atoms with van der Waals surface area (Å²) >= 11 is 6.08. The minimum atomic E-state index is -0.487. The molecule has 12 heteroatoms. The summed E-state index contributed by atoms with van der Waals surface area (Å²) in [5.41, 5.74) is 5.04. The molecule has 1 saturated heterocycles. The summed E-state index contributed by atoms with van der Waals surface area (Å²) in [4.78, 5) is 31.4. The normalized spacial score (nSPS) is 14.6. The number of nitriles is 2. The molecule has 43 heavy (non-hydrogen) atoms. The summed E-state index contributed by atoms with van der Waals surface area (Å²) in [6.07, 6.45) is 7.86. The standard InChI is InChI=1S/C31H24ClN9O2/c1-18-7-8-22(39-31(42)19-11-20(14-33)26(32)21(12-19)15-34)13-24(18)40-29-23(5-4-9-35-29)27-28-30(37-16-36-27)41(17-38-28)25-6-2-3-10-43-25/h4-5,7-9,11-13,16-17,25H,2-3,6,10H2,1H3,(H,35,40)(H,39,42). The van der Waals surface area contributed by atoms with Gasteiger partial charge in [0.15, 0.2) is 5.65 Å². The molecule has 1 amide bonds. The van der Waals surface area contributed by atoms with E-state index in [4.69, 9.17) is 16.3 Å². The van der Waals surface area contributed by atoms with Crippen molar-refractivity contribution in [2.75, 3.05) is 17.2 Å². The van der Waals surface area contributed by atoms with Crippen LogP contribution in [0.25, 0.3) is 22.4 Å². The Hall–Kier alpha value is -5.36. The zero-order valence-corrected chi connectivity index (χ0v) is 23.8. The third kappa shape index (κ3) is 5.47. The Morgan fingerprint density at radius 2 is 1.88 bits per heavy atom. The number of nitrogens with zero attached hydrogens (tertiary/aromatic N) is 7. The number of imidazole rings is 1. The van der Waals surface area contributed by atoms with Gasteiger partial charge in [-0.2, -0.15) is 10.5 Å². The van der Waals surface area contributed by atoms with Crippen molar-refractivity contribution >= 4 is 45.9 Å². The highest BCUT2D eigenvalue weighted by atomic mass is 35.5. The Kier molecular flexibility index (Phi) is 7.67. The lowest BCUT2D eigenvalue weighted by molar-refractivity contribution is -0.0298. The van der Waals surface area contributed by atoms with Crippen LogP contribution in [0.15, 0.2) is 61.3 Å². The van der Waals surface area contributed by atoms with Gasteiger partial charge in [-0.3, -0.25) is 9.36 Å². The summed E-state index contributed by atoms with van der Waals surface area (Å²) < 4.78 is 7.92. The van der Waals surface area contributed by atoms with Gasteiger partial charge in [-0.25, -0.2) is 19.9 Å². The lowest BCUT2D eigenvalue weighted by atomic mass is 10.1. The molecule has 2 N–H and O–H groups in total. The first-order valence-corrected chi connectivity index (χ1v) is 13.9. The van der Waals surface area contributed by atoms with Crippen LogP contribution in [0, 0.1) is 29.6 Å². The molecule has 0 aliphatic carbocycles. The van der Waals surface area contributed by atoms with Gasteiger partial charge in [0.1, 0.15) is 41.7 Å².